The number of aromatic nitrogens is 3. The van der Waals surface area contributed by atoms with Gasteiger partial charge in [-0.05, 0) is 24.3 Å². The second-order valence-corrected chi connectivity index (χ2v) is 3.85. The van der Waals surface area contributed by atoms with Crippen LogP contribution in [-0.2, 0) is 0 Å². The number of para-hydroxylation sites is 2. The van der Waals surface area contributed by atoms with Crippen LogP contribution in [0.3, 0.4) is 0 Å². The van der Waals surface area contributed by atoms with Crippen molar-refractivity contribution in [3.63, 3.8) is 0 Å². The minimum absolute atomic E-state index is 0.819. The quantitative estimate of drug-likeness (QED) is 0.728. The van der Waals surface area contributed by atoms with E-state index in [0.29, 0.717) is 0 Å². The van der Waals surface area contributed by atoms with Crippen LogP contribution >= 0.6 is 0 Å². The highest BCUT2D eigenvalue weighted by atomic mass is 15.2. The van der Waals surface area contributed by atoms with Crippen LogP contribution in [0.5, 0.6) is 0 Å². The third-order valence-corrected chi connectivity index (χ3v) is 2.73. The van der Waals surface area contributed by atoms with Crippen LogP contribution in [0.2, 0.25) is 0 Å². The van der Waals surface area contributed by atoms with E-state index >= 15 is 0 Å². The van der Waals surface area contributed by atoms with Crippen LogP contribution in [0.25, 0.3) is 11.0 Å². The molecule has 1 N–H and O–H groups in total. The Morgan fingerprint density at radius 3 is 2.76 bits per heavy atom. The molecule has 84 valence electrons. The predicted octanol–water partition coefficient (Wildman–Crippen LogP) is 2.73. The summed E-state index contributed by atoms with van der Waals surface area (Å²) < 4.78 is 0. The van der Waals surface area contributed by atoms with Crippen molar-refractivity contribution < 1.29 is 0 Å². The summed E-state index contributed by atoms with van der Waals surface area (Å²) in [6.07, 6.45) is 3.57. The standard InChI is InChI=1S/C13H12N4/c1-17(10-5-4-8-14-9-10)13-15-11-6-2-3-7-12(11)16-13/h2-9H,1H3,(H,15,16). The van der Waals surface area contributed by atoms with Crippen LogP contribution in [0.4, 0.5) is 11.6 Å². The van der Waals surface area contributed by atoms with Gasteiger partial charge in [0.15, 0.2) is 0 Å². The number of nitrogens with one attached hydrogen (secondary N) is 1. The van der Waals surface area contributed by atoms with Gasteiger partial charge in [0.05, 0.1) is 22.9 Å². The Labute approximate surface area is 98.9 Å². The number of fused-ring (bicyclic) bond motifs is 1. The second kappa shape index (κ2) is 3.90. The fourth-order valence-corrected chi connectivity index (χ4v) is 1.77. The van der Waals surface area contributed by atoms with E-state index in [9.17, 15) is 0 Å². The summed E-state index contributed by atoms with van der Waals surface area (Å²) in [5.41, 5.74) is 3.02. The van der Waals surface area contributed by atoms with Crippen LogP contribution in [-0.4, -0.2) is 22.0 Å². The molecule has 0 spiro atoms. The fourth-order valence-electron chi connectivity index (χ4n) is 1.77. The number of anilines is 2. The van der Waals surface area contributed by atoms with Crippen LogP contribution in [0, 0.1) is 0 Å². The number of rotatable bonds is 2. The van der Waals surface area contributed by atoms with Gasteiger partial charge < -0.3 is 9.88 Å². The number of hydrogen-bond acceptors (Lipinski definition) is 3. The Kier molecular flexibility index (Phi) is 2.26. The number of H-pyrrole nitrogens is 1. The van der Waals surface area contributed by atoms with Gasteiger partial charge in [0, 0.05) is 13.2 Å². The van der Waals surface area contributed by atoms with E-state index in [-0.39, 0.29) is 0 Å². The molecule has 0 fully saturated rings. The van der Waals surface area contributed by atoms with Gasteiger partial charge in [0.1, 0.15) is 0 Å². The second-order valence-electron chi connectivity index (χ2n) is 3.85. The normalized spacial score (nSPS) is 10.6. The molecule has 2 heterocycles. The number of benzene rings is 1. The summed E-state index contributed by atoms with van der Waals surface area (Å²) >= 11 is 0. The minimum atomic E-state index is 0.819. The third kappa shape index (κ3) is 1.73. The monoisotopic (exact) mass is 224 g/mol. The maximum Gasteiger partial charge on any atom is 0.208 e. The average molecular weight is 224 g/mol. The fraction of sp³-hybridized carbons (Fsp3) is 0.0769. The van der Waals surface area contributed by atoms with Crippen molar-refractivity contribution in [2.45, 2.75) is 0 Å². The molecule has 0 bridgehead atoms. The first kappa shape index (κ1) is 9.84. The number of pyridine rings is 1. The van der Waals surface area contributed by atoms with E-state index in [4.69, 9.17) is 0 Å². The number of hydrogen-bond donors (Lipinski definition) is 1. The first-order valence-corrected chi connectivity index (χ1v) is 5.43. The number of aromatic amines is 1. The Bertz CT molecular complexity index is 597. The zero-order valence-electron chi connectivity index (χ0n) is 9.46. The molecule has 1 aromatic carbocycles. The van der Waals surface area contributed by atoms with Crippen LogP contribution in [0.15, 0.2) is 48.8 Å². The topological polar surface area (TPSA) is 44.8 Å². The van der Waals surface area contributed by atoms with Gasteiger partial charge in [-0.1, -0.05) is 12.1 Å². The van der Waals surface area contributed by atoms with Crippen molar-refractivity contribution in [1.82, 2.24) is 15.0 Å². The van der Waals surface area contributed by atoms with E-state index in [1.807, 2.05) is 54.5 Å². The lowest BCUT2D eigenvalue weighted by atomic mass is 10.3. The lowest BCUT2D eigenvalue weighted by Crippen LogP contribution is -2.10. The molecule has 0 saturated heterocycles. The molecule has 0 aliphatic rings. The van der Waals surface area contributed by atoms with E-state index in [1.54, 1.807) is 6.20 Å². The van der Waals surface area contributed by atoms with Crippen molar-refractivity contribution in [3.05, 3.63) is 48.8 Å². The van der Waals surface area contributed by atoms with Gasteiger partial charge >= 0.3 is 0 Å². The van der Waals surface area contributed by atoms with Gasteiger partial charge in [-0.25, -0.2) is 4.98 Å². The Morgan fingerprint density at radius 2 is 2.00 bits per heavy atom. The largest absolute Gasteiger partial charge is 0.324 e. The summed E-state index contributed by atoms with van der Waals surface area (Å²) in [6, 6.07) is 11.9. The molecule has 3 aromatic rings. The van der Waals surface area contributed by atoms with Crippen molar-refractivity contribution >= 4 is 22.7 Å². The lowest BCUT2D eigenvalue weighted by molar-refractivity contribution is 1.09. The molecule has 4 nitrogen and oxygen atoms in total. The zero-order valence-corrected chi connectivity index (χ0v) is 9.46. The van der Waals surface area contributed by atoms with Gasteiger partial charge in [0.25, 0.3) is 0 Å². The van der Waals surface area contributed by atoms with Gasteiger partial charge in [-0.2, -0.15) is 0 Å². The molecular weight excluding hydrogens is 212 g/mol. The number of nitrogens with zero attached hydrogens (tertiary/aromatic N) is 3. The highest BCUT2D eigenvalue weighted by Crippen LogP contribution is 2.22. The summed E-state index contributed by atoms with van der Waals surface area (Å²) in [7, 11) is 1.97. The highest BCUT2D eigenvalue weighted by Gasteiger charge is 2.08. The maximum atomic E-state index is 4.53. The van der Waals surface area contributed by atoms with Crippen molar-refractivity contribution in [2.75, 3.05) is 11.9 Å². The zero-order chi connectivity index (χ0) is 11.7. The molecule has 0 aliphatic heterocycles. The SMILES string of the molecule is CN(c1cccnc1)c1nc2ccccc2[nH]1. The smallest absolute Gasteiger partial charge is 0.208 e. The average Bonchev–Trinajstić information content (AvgIpc) is 2.82. The lowest BCUT2D eigenvalue weighted by Gasteiger charge is -2.14. The van der Waals surface area contributed by atoms with Crippen LogP contribution < -0.4 is 4.90 Å². The summed E-state index contributed by atoms with van der Waals surface area (Å²) in [5.74, 6) is 0.819. The van der Waals surface area contributed by atoms with E-state index in [0.717, 1.165) is 22.7 Å². The van der Waals surface area contributed by atoms with Crippen LogP contribution in [0.1, 0.15) is 0 Å². The molecule has 0 aliphatic carbocycles. The maximum absolute atomic E-state index is 4.53. The minimum Gasteiger partial charge on any atom is -0.324 e. The van der Waals surface area contributed by atoms with Gasteiger partial charge in [0.2, 0.25) is 5.95 Å². The predicted molar refractivity (Wildman–Crippen MR) is 68.4 cm³/mol. The Hall–Kier alpha value is -2.36. The summed E-state index contributed by atoms with van der Waals surface area (Å²) in [5, 5.41) is 0. The molecule has 0 saturated carbocycles. The summed E-state index contributed by atoms with van der Waals surface area (Å²) in [6.45, 7) is 0. The van der Waals surface area contributed by atoms with E-state index in [2.05, 4.69) is 15.0 Å². The van der Waals surface area contributed by atoms with E-state index in [1.165, 1.54) is 0 Å². The highest BCUT2D eigenvalue weighted by molar-refractivity contribution is 5.78. The molecule has 0 radical (unpaired) electrons. The molecule has 0 amide bonds. The molecule has 3 rings (SSSR count). The molecular formula is C13H12N4. The van der Waals surface area contributed by atoms with Gasteiger partial charge in [-0.15, -0.1) is 0 Å². The Balaban J connectivity index is 2.04. The molecule has 4 heteroatoms. The van der Waals surface area contributed by atoms with E-state index < -0.39 is 0 Å². The van der Waals surface area contributed by atoms with Crippen molar-refractivity contribution in [1.29, 1.82) is 0 Å². The molecule has 0 atom stereocenters. The third-order valence-electron chi connectivity index (χ3n) is 2.73. The first-order chi connectivity index (χ1) is 8.34. The van der Waals surface area contributed by atoms with Crippen molar-refractivity contribution in [3.8, 4) is 0 Å². The molecule has 0 unspecified atom stereocenters. The Morgan fingerprint density at radius 1 is 1.12 bits per heavy atom. The molecule has 2 aromatic heterocycles. The van der Waals surface area contributed by atoms with Gasteiger partial charge in [-0.3, -0.25) is 4.98 Å². The number of imidazole rings is 1. The summed E-state index contributed by atoms with van der Waals surface area (Å²) in [4.78, 5) is 13.9. The van der Waals surface area contributed by atoms with Crippen molar-refractivity contribution in [2.24, 2.45) is 0 Å². The first-order valence-electron chi connectivity index (χ1n) is 5.43. The molecule has 17 heavy (non-hydrogen) atoms.